The molecule has 1 N–H and O–H groups in total. The quantitative estimate of drug-likeness (QED) is 0.706. The Bertz CT molecular complexity index is 470. The van der Waals surface area contributed by atoms with Crippen molar-refractivity contribution in [1.82, 2.24) is 15.1 Å². The van der Waals surface area contributed by atoms with Crippen LogP contribution >= 0.6 is 0 Å². The molecule has 0 amide bonds. The maximum Gasteiger partial charge on any atom is 0.309 e. The third-order valence-electron chi connectivity index (χ3n) is 4.92. The van der Waals surface area contributed by atoms with Crippen molar-refractivity contribution in [3.8, 4) is 0 Å². The molecule has 0 saturated carbocycles. The number of hydrogen-bond acceptors (Lipinski definition) is 7. The van der Waals surface area contributed by atoms with E-state index in [1.165, 1.54) is 0 Å². The van der Waals surface area contributed by atoms with E-state index in [9.17, 15) is 9.59 Å². The summed E-state index contributed by atoms with van der Waals surface area (Å²) in [6.45, 7) is 13.2. The first kappa shape index (κ1) is 21.1. The summed E-state index contributed by atoms with van der Waals surface area (Å²) in [5, 5.41) is 3.45. The van der Waals surface area contributed by atoms with Gasteiger partial charge < -0.3 is 14.8 Å². The molecule has 0 aromatic heterocycles. The fourth-order valence-corrected chi connectivity index (χ4v) is 3.64. The zero-order valence-corrected chi connectivity index (χ0v) is 16.8. The van der Waals surface area contributed by atoms with Crippen molar-refractivity contribution in [3.63, 3.8) is 0 Å². The molecule has 2 fully saturated rings. The number of esters is 2. The summed E-state index contributed by atoms with van der Waals surface area (Å²) in [4.78, 5) is 28.7. The number of hydrogen-bond donors (Lipinski definition) is 1. The van der Waals surface area contributed by atoms with E-state index in [2.05, 4.69) is 15.1 Å². The topological polar surface area (TPSA) is 71.1 Å². The van der Waals surface area contributed by atoms with Gasteiger partial charge in [-0.15, -0.1) is 0 Å². The number of nitrogens with one attached hydrogen (secondary N) is 1. The first-order valence-corrected chi connectivity index (χ1v) is 9.87. The van der Waals surface area contributed by atoms with Crippen molar-refractivity contribution in [1.29, 1.82) is 0 Å². The van der Waals surface area contributed by atoms with Gasteiger partial charge in [-0.2, -0.15) is 0 Å². The normalized spacial score (nSPS) is 23.6. The zero-order valence-electron chi connectivity index (χ0n) is 16.8. The Morgan fingerprint density at radius 2 is 1.85 bits per heavy atom. The highest BCUT2D eigenvalue weighted by atomic mass is 16.6. The minimum atomic E-state index is -0.425. The van der Waals surface area contributed by atoms with E-state index < -0.39 is 5.60 Å². The largest absolute Gasteiger partial charge is 0.466 e. The van der Waals surface area contributed by atoms with Crippen LogP contribution in [0.25, 0.3) is 0 Å². The van der Waals surface area contributed by atoms with E-state index in [4.69, 9.17) is 9.47 Å². The summed E-state index contributed by atoms with van der Waals surface area (Å²) < 4.78 is 10.6. The molecule has 26 heavy (non-hydrogen) atoms. The first-order chi connectivity index (χ1) is 12.3. The lowest BCUT2D eigenvalue weighted by Gasteiger charge is -2.45. The molecule has 0 aromatic carbocycles. The summed E-state index contributed by atoms with van der Waals surface area (Å²) >= 11 is 0. The van der Waals surface area contributed by atoms with Crippen molar-refractivity contribution < 1.29 is 19.1 Å². The summed E-state index contributed by atoms with van der Waals surface area (Å²) in [7, 11) is 0. The second-order valence-corrected chi connectivity index (χ2v) is 8.12. The monoisotopic (exact) mass is 369 g/mol. The Hall–Kier alpha value is -1.18. The molecule has 0 aliphatic carbocycles. The molecule has 2 aliphatic rings. The maximum atomic E-state index is 12.3. The molecule has 1 unspecified atom stereocenters. The number of carbonyl (C=O) groups excluding carboxylic acids is 2. The highest BCUT2D eigenvalue weighted by Crippen LogP contribution is 2.24. The van der Waals surface area contributed by atoms with Gasteiger partial charge in [0.25, 0.3) is 0 Å². The second-order valence-electron chi connectivity index (χ2n) is 8.12. The number of piperazine rings is 1. The Morgan fingerprint density at radius 3 is 2.46 bits per heavy atom. The molecule has 2 heterocycles. The molecule has 2 saturated heterocycles. The Kier molecular flexibility index (Phi) is 7.85. The van der Waals surface area contributed by atoms with E-state index in [-0.39, 0.29) is 24.0 Å². The van der Waals surface area contributed by atoms with E-state index in [0.29, 0.717) is 13.0 Å². The molecule has 7 heteroatoms. The standard InChI is InChI=1S/C19H35N3O4/c1-5-25-17(23)8-12-22-13-9-20-14-16(22)21-10-6-15(7-11-21)18(24)26-19(2,3)4/h15-16,20H,5-14H2,1-4H3. The molecular weight excluding hydrogens is 334 g/mol. The van der Waals surface area contributed by atoms with Gasteiger partial charge in [0.1, 0.15) is 5.60 Å². The summed E-state index contributed by atoms with van der Waals surface area (Å²) in [6, 6.07) is 0. The number of rotatable bonds is 6. The van der Waals surface area contributed by atoms with Gasteiger partial charge in [-0.1, -0.05) is 0 Å². The van der Waals surface area contributed by atoms with Gasteiger partial charge >= 0.3 is 11.9 Å². The Labute approximate surface area is 157 Å². The SMILES string of the molecule is CCOC(=O)CCN1CCNCC1N1CCC(C(=O)OC(C)(C)C)CC1. The van der Waals surface area contributed by atoms with Crippen molar-refractivity contribution in [2.75, 3.05) is 45.9 Å². The Morgan fingerprint density at radius 1 is 1.15 bits per heavy atom. The second kappa shape index (κ2) is 9.67. The fourth-order valence-electron chi connectivity index (χ4n) is 3.64. The molecule has 0 aromatic rings. The van der Waals surface area contributed by atoms with Crippen LogP contribution in [0.5, 0.6) is 0 Å². The van der Waals surface area contributed by atoms with Crippen molar-refractivity contribution >= 4 is 11.9 Å². The van der Waals surface area contributed by atoms with Crippen molar-refractivity contribution in [3.05, 3.63) is 0 Å². The molecule has 2 rings (SSSR count). The average molecular weight is 370 g/mol. The number of piperidine rings is 1. The molecule has 1 atom stereocenters. The average Bonchev–Trinajstić information content (AvgIpc) is 2.59. The lowest BCUT2D eigenvalue weighted by molar-refractivity contribution is -0.162. The number of carbonyl (C=O) groups is 2. The van der Waals surface area contributed by atoms with Gasteiger partial charge in [-0.3, -0.25) is 19.4 Å². The molecule has 0 radical (unpaired) electrons. The smallest absolute Gasteiger partial charge is 0.309 e. The predicted molar refractivity (Wildman–Crippen MR) is 99.6 cm³/mol. The van der Waals surface area contributed by atoms with Crippen molar-refractivity contribution in [2.45, 2.75) is 58.7 Å². The number of likely N-dealkylation sites (tertiary alicyclic amines) is 1. The van der Waals surface area contributed by atoms with Crippen LogP contribution in [0.15, 0.2) is 0 Å². The minimum absolute atomic E-state index is 0.00462. The summed E-state index contributed by atoms with van der Waals surface area (Å²) in [6.07, 6.45) is 2.37. The number of ether oxygens (including phenoxy) is 2. The predicted octanol–water partition coefficient (Wildman–Crippen LogP) is 1.22. The summed E-state index contributed by atoms with van der Waals surface area (Å²) in [5.41, 5.74) is -0.425. The van der Waals surface area contributed by atoms with E-state index in [1.54, 1.807) is 0 Å². The van der Waals surface area contributed by atoms with Crippen LogP contribution < -0.4 is 5.32 Å². The van der Waals surface area contributed by atoms with E-state index in [1.807, 2.05) is 27.7 Å². The van der Waals surface area contributed by atoms with Gasteiger partial charge in [-0.05, 0) is 40.5 Å². The van der Waals surface area contributed by atoms with E-state index >= 15 is 0 Å². The molecule has 0 spiro atoms. The van der Waals surface area contributed by atoms with Crippen LogP contribution in [-0.2, 0) is 19.1 Å². The van der Waals surface area contributed by atoms with Crippen LogP contribution in [0, 0.1) is 5.92 Å². The highest BCUT2D eigenvalue weighted by molar-refractivity contribution is 5.73. The van der Waals surface area contributed by atoms with Crippen LogP contribution in [0.3, 0.4) is 0 Å². The van der Waals surface area contributed by atoms with Gasteiger partial charge in [0.2, 0.25) is 0 Å². The molecule has 7 nitrogen and oxygen atoms in total. The van der Waals surface area contributed by atoms with Crippen LogP contribution in [0.4, 0.5) is 0 Å². The minimum Gasteiger partial charge on any atom is -0.466 e. The molecular formula is C19H35N3O4. The number of nitrogens with zero attached hydrogens (tertiary/aromatic N) is 2. The third-order valence-corrected chi connectivity index (χ3v) is 4.92. The van der Waals surface area contributed by atoms with Gasteiger partial charge in [0.15, 0.2) is 0 Å². The highest BCUT2D eigenvalue weighted by Gasteiger charge is 2.34. The summed E-state index contributed by atoms with van der Waals surface area (Å²) in [5.74, 6) is -0.207. The third kappa shape index (κ3) is 6.52. The van der Waals surface area contributed by atoms with E-state index in [0.717, 1.165) is 52.1 Å². The molecule has 150 valence electrons. The van der Waals surface area contributed by atoms with Crippen LogP contribution in [0.2, 0.25) is 0 Å². The van der Waals surface area contributed by atoms with Gasteiger partial charge in [0, 0.05) is 39.3 Å². The maximum absolute atomic E-state index is 12.3. The van der Waals surface area contributed by atoms with Crippen LogP contribution in [-0.4, -0.2) is 79.4 Å². The lowest BCUT2D eigenvalue weighted by Crippen LogP contribution is -2.61. The molecule has 0 bridgehead atoms. The molecule has 2 aliphatic heterocycles. The Balaban J connectivity index is 1.83. The van der Waals surface area contributed by atoms with Gasteiger partial charge in [0.05, 0.1) is 25.1 Å². The lowest BCUT2D eigenvalue weighted by atomic mass is 9.96. The fraction of sp³-hybridized carbons (Fsp3) is 0.895. The zero-order chi connectivity index (χ0) is 19.2. The van der Waals surface area contributed by atoms with Gasteiger partial charge in [-0.25, -0.2) is 0 Å². The van der Waals surface area contributed by atoms with Crippen LogP contribution in [0.1, 0.15) is 47.0 Å². The first-order valence-electron chi connectivity index (χ1n) is 9.87. The van der Waals surface area contributed by atoms with Crippen molar-refractivity contribution in [2.24, 2.45) is 5.92 Å².